The van der Waals surface area contributed by atoms with Crippen molar-refractivity contribution in [3.8, 4) is 6.07 Å². The number of amides is 1. The highest BCUT2D eigenvalue weighted by molar-refractivity contribution is 5.85. The number of hydrogen-bond acceptors (Lipinski definition) is 3. The minimum Gasteiger partial charge on any atom is -0.353 e. The first-order valence-electron chi connectivity index (χ1n) is 6.35. The fraction of sp³-hybridized carbons (Fsp3) is 0.615. The summed E-state index contributed by atoms with van der Waals surface area (Å²) >= 11 is 0. The highest BCUT2D eigenvalue weighted by atomic mass is 16.2. The maximum absolute atomic E-state index is 12.0. The topological polar surface area (TPSA) is 70.7 Å². The summed E-state index contributed by atoms with van der Waals surface area (Å²) < 4.78 is 1.79. The van der Waals surface area contributed by atoms with E-state index >= 15 is 0 Å². The van der Waals surface area contributed by atoms with E-state index in [-0.39, 0.29) is 5.91 Å². The van der Waals surface area contributed by atoms with Crippen molar-refractivity contribution in [2.75, 3.05) is 6.54 Å². The molecule has 1 amide bonds. The number of aryl methyl sites for hydroxylation is 1. The summed E-state index contributed by atoms with van der Waals surface area (Å²) in [6.07, 6.45) is 7.04. The van der Waals surface area contributed by atoms with E-state index < -0.39 is 5.41 Å². The van der Waals surface area contributed by atoms with Gasteiger partial charge < -0.3 is 5.32 Å². The fourth-order valence-corrected chi connectivity index (χ4v) is 2.41. The second-order valence-electron chi connectivity index (χ2n) is 4.94. The molecule has 1 saturated carbocycles. The first-order valence-corrected chi connectivity index (χ1v) is 6.35. The van der Waals surface area contributed by atoms with Crippen molar-refractivity contribution in [2.24, 2.45) is 5.41 Å². The molecule has 2 rings (SSSR count). The minimum atomic E-state index is -0.778. The highest BCUT2D eigenvalue weighted by Gasteiger charge is 2.41. The van der Waals surface area contributed by atoms with Crippen LogP contribution in [0.5, 0.6) is 0 Å². The van der Waals surface area contributed by atoms with E-state index in [2.05, 4.69) is 16.5 Å². The summed E-state index contributed by atoms with van der Waals surface area (Å²) in [6, 6.07) is 2.20. The number of carbonyl (C=O) groups excluding carboxylic acids is 1. The molecule has 1 aromatic rings. The molecule has 0 aromatic carbocycles. The van der Waals surface area contributed by atoms with E-state index in [4.69, 9.17) is 0 Å². The molecule has 0 aliphatic heterocycles. The molecule has 5 heteroatoms. The van der Waals surface area contributed by atoms with Gasteiger partial charge in [-0.1, -0.05) is 12.8 Å². The summed E-state index contributed by atoms with van der Waals surface area (Å²) in [5.74, 6) is -0.119. The number of aromatic nitrogens is 2. The Morgan fingerprint density at radius 2 is 2.33 bits per heavy atom. The molecule has 0 unspecified atom stereocenters. The summed E-state index contributed by atoms with van der Waals surface area (Å²) in [5, 5.41) is 16.2. The van der Waals surface area contributed by atoms with Crippen molar-refractivity contribution in [3.63, 3.8) is 0 Å². The van der Waals surface area contributed by atoms with Gasteiger partial charge in [-0.05, 0) is 25.3 Å². The first kappa shape index (κ1) is 12.6. The third-order valence-electron chi connectivity index (χ3n) is 3.49. The van der Waals surface area contributed by atoms with Crippen LogP contribution in [0.2, 0.25) is 0 Å². The van der Waals surface area contributed by atoms with Crippen LogP contribution in [-0.4, -0.2) is 22.2 Å². The van der Waals surface area contributed by atoms with Gasteiger partial charge in [-0.2, -0.15) is 10.4 Å². The van der Waals surface area contributed by atoms with Gasteiger partial charge in [0.05, 0.1) is 18.8 Å². The minimum absolute atomic E-state index is 0.119. The number of rotatable bonds is 4. The molecule has 0 radical (unpaired) electrons. The first-order chi connectivity index (χ1) is 8.66. The molecule has 0 spiro atoms. The largest absolute Gasteiger partial charge is 0.353 e. The standard InChI is InChI=1S/C13H18N4O/c1-11-8-16-17(9-11)7-6-15-12(18)13(10-14)4-2-3-5-13/h8-9H,2-7H2,1H3,(H,15,18). The van der Waals surface area contributed by atoms with Crippen LogP contribution < -0.4 is 5.32 Å². The fourth-order valence-electron chi connectivity index (χ4n) is 2.41. The van der Waals surface area contributed by atoms with Crippen LogP contribution in [0.3, 0.4) is 0 Å². The van der Waals surface area contributed by atoms with Gasteiger partial charge in [0.15, 0.2) is 0 Å². The second kappa shape index (κ2) is 5.21. The number of nitriles is 1. The van der Waals surface area contributed by atoms with E-state index in [1.807, 2.05) is 13.1 Å². The quantitative estimate of drug-likeness (QED) is 0.872. The SMILES string of the molecule is Cc1cnn(CCNC(=O)C2(C#N)CCCC2)c1. The molecule has 0 bridgehead atoms. The Labute approximate surface area is 107 Å². The van der Waals surface area contributed by atoms with Gasteiger partial charge in [0.1, 0.15) is 5.41 Å². The van der Waals surface area contributed by atoms with Crippen molar-refractivity contribution in [2.45, 2.75) is 39.2 Å². The molecule has 1 fully saturated rings. The van der Waals surface area contributed by atoms with Crippen LogP contribution in [0, 0.1) is 23.7 Å². The Bertz CT molecular complexity index is 466. The predicted molar refractivity (Wildman–Crippen MR) is 66.5 cm³/mol. The molecule has 1 heterocycles. The van der Waals surface area contributed by atoms with Crippen molar-refractivity contribution in [3.05, 3.63) is 18.0 Å². The normalized spacial score (nSPS) is 17.3. The summed E-state index contributed by atoms with van der Waals surface area (Å²) in [4.78, 5) is 12.0. The number of hydrogen-bond donors (Lipinski definition) is 1. The van der Waals surface area contributed by atoms with Crippen LogP contribution in [-0.2, 0) is 11.3 Å². The average molecular weight is 246 g/mol. The van der Waals surface area contributed by atoms with Crippen LogP contribution in [0.25, 0.3) is 0 Å². The van der Waals surface area contributed by atoms with Gasteiger partial charge in [-0.15, -0.1) is 0 Å². The molecule has 1 N–H and O–H groups in total. The maximum Gasteiger partial charge on any atom is 0.240 e. The van der Waals surface area contributed by atoms with Crippen molar-refractivity contribution >= 4 is 5.91 Å². The van der Waals surface area contributed by atoms with Gasteiger partial charge in [-0.3, -0.25) is 9.48 Å². The van der Waals surface area contributed by atoms with Gasteiger partial charge >= 0.3 is 0 Å². The summed E-state index contributed by atoms with van der Waals surface area (Å²) in [5.41, 5.74) is 0.325. The molecular weight excluding hydrogens is 228 g/mol. The molecule has 0 saturated heterocycles. The van der Waals surface area contributed by atoms with E-state index in [9.17, 15) is 10.1 Å². The molecule has 1 aliphatic carbocycles. The van der Waals surface area contributed by atoms with Gasteiger partial charge in [0.2, 0.25) is 5.91 Å². The zero-order valence-electron chi connectivity index (χ0n) is 10.6. The number of carbonyl (C=O) groups is 1. The van der Waals surface area contributed by atoms with Gasteiger partial charge in [0.25, 0.3) is 0 Å². The van der Waals surface area contributed by atoms with Crippen molar-refractivity contribution in [1.29, 1.82) is 5.26 Å². The van der Waals surface area contributed by atoms with E-state index in [0.29, 0.717) is 25.9 Å². The van der Waals surface area contributed by atoms with Gasteiger partial charge in [-0.25, -0.2) is 0 Å². The lowest BCUT2D eigenvalue weighted by molar-refractivity contribution is -0.127. The molecule has 5 nitrogen and oxygen atoms in total. The lowest BCUT2D eigenvalue weighted by atomic mass is 9.87. The van der Waals surface area contributed by atoms with Crippen LogP contribution in [0.1, 0.15) is 31.2 Å². The smallest absolute Gasteiger partial charge is 0.240 e. The summed E-state index contributed by atoms with van der Waals surface area (Å²) in [6.45, 7) is 3.13. The van der Waals surface area contributed by atoms with Crippen LogP contribution in [0.4, 0.5) is 0 Å². The molecule has 1 aliphatic rings. The molecule has 1 aromatic heterocycles. The van der Waals surface area contributed by atoms with E-state index in [0.717, 1.165) is 18.4 Å². The molecule has 96 valence electrons. The molecular formula is C13H18N4O. The van der Waals surface area contributed by atoms with Crippen LogP contribution >= 0.6 is 0 Å². The van der Waals surface area contributed by atoms with Crippen molar-refractivity contribution in [1.82, 2.24) is 15.1 Å². The third-order valence-corrected chi connectivity index (χ3v) is 3.49. The predicted octanol–water partition coefficient (Wildman–Crippen LogP) is 1.39. The van der Waals surface area contributed by atoms with E-state index in [1.165, 1.54) is 0 Å². The second-order valence-corrected chi connectivity index (χ2v) is 4.94. The maximum atomic E-state index is 12.0. The average Bonchev–Trinajstić information content (AvgIpc) is 2.99. The zero-order chi connectivity index (χ0) is 13.0. The Kier molecular flexibility index (Phi) is 3.66. The monoisotopic (exact) mass is 246 g/mol. The zero-order valence-corrected chi connectivity index (χ0v) is 10.6. The molecule has 0 atom stereocenters. The Hall–Kier alpha value is -1.83. The Morgan fingerprint density at radius 3 is 2.89 bits per heavy atom. The third kappa shape index (κ3) is 2.53. The number of nitrogens with zero attached hydrogens (tertiary/aromatic N) is 3. The highest BCUT2D eigenvalue weighted by Crippen LogP contribution is 2.37. The van der Waals surface area contributed by atoms with Crippen molar-refractivity contribution < 1.29 is 4.79 Å². The Morgan fingerprint density at radius 1 is 1.61 bits per heavy atom. The van der Waals surface area contributed by atoms with E-state index in [1.54, 1.807) is 10.9 Å². The van der Waals surface area contributed by atoms with Gasteiger partial charge in [0, 0.05) is 12.7 Å². The van der Waals surface area contributed by atoms with Crippen LogP contribution in [0.15, 0.2) is 12.4 Å². The lowest BCUT2D eigenvalue weighted by Crippen LogP contribution is -2.39. The summed E-state index contributed by atoms with van der Waals surface area (Å²) in [7, 11) is 0. The number of nitrogens with one attached hydrogen (secondary N) is 1. The lowest BCUT2D eigenvalue weighted by Gasteiger charge is -2.19. The molecule has 18 heavy (non-hydrogen) atoms. The Balaban J connectivity index is 1.83.